The number of anilines is 1. The lowest BCUT2D eigenvalue weighted by atomic mass is 10.1. The maximum Gasteiger partial charge on any atom is 0.253 e. The lowest BCUT2D eigenvalue weighted by molar-refractivity contribution is -0.124. The highest BCUT2D eigenvalue weighted by molar-refractivity contribution is 5.97. The number of amides is 2. The number of nitrogens with zero attached hydrogens (tertiary/aromatic N) is 1. The zero-order valence-corrected chi connectivity index (χ0v) is 19.5. The van der Waals surface area contributed by atoms with E-state index < -0.39 is 6.10 Å². The third kappa shape index (κ3) is 5.30. The maximum absolute atomic E-state index is 12.5. The van der Waals surface area contributed by atoms with Crippen LogP contribution >= 0.6 is 0 Å². The molecule has 1 saturated heterocycles. The molecule has 0 aliphatic carbocycles. The van der Waals surface area contributed by atoms with Gasteiger partial charge in [0.2, 0.25) is 18.6 Å². The van der Waals surface area contributed by atoms with Crippen molar-refractivity contribution in [3.8, 4) is 23.0 Å². The van der Waals surface area contributed by atoms with E-state index in [-0.39, 0.29) is 25.2 Å². The molecule has 182 valence electrons. The molecule has 1 fully saturated rings. The van der Waals surface area contributed by atoms with Gasteiger partial charge in [-0.25, -0.2) is 4.98 Å². The maximum atomic E-state index is 12.5. The van der Waals surface area contributed by atoms with Gasteiger partial charge in [0.25, 0.3) is 5.91 Å². The molecule has 1 aromatic heterocycles. The summed E-state index contributed by atoms with van der Waals surface area (Å²) in [5, 5.41) is 5.83. The Morgan fingerprint density at radius 2 is 1.97 bits per heavy atom. The first-order valence-electron chi connectivity index (χ1n) is 11.7. The second-order valence-electron chi connectivity index (χ2n) is 8.52. The van der Waals surface area contributed by atoms with E-state index in [1.54, 1.807) is 13.0 Å². The minimum Gasteiger partial charge on any atom is -0.454 e. The minimum absolute atomic E-state index is 0.0872. The van der Waals surface area contributed by atoms with E-state index in [1.165, 1.54) is 0 Å². The molecule has 0 spiro atoms. The van der Waals surface area contributed by atoms with Crippen molar-refractivity contribution in [1.82, 2.24) is 10.3 Å². The highest BCUT2D eigenvalue weighted by Gasteiger charge is 2.25. The molecule has 2 amide bonds. The Kier molecular flexibility index (Phi) is 6.67. The van der Waals surface area contributed by atoms with Crippen molar-refractivity contribution >= 4 is 17.5 Å². The van der Waals surface area contributed by atoms with Crippen LogP contribution in [0.1, 0.15) is 36.3 Å². The standard InChI is InChI=1S/C26H27N3O6/c1-16-20(14-27-24(30)11-9-17-8-10-21-23(13-17)34-15-33-21)29-26(35-16)18-5-2-3-6-19(18)28-25(31)22-7-4-12-32-22/h2-3,5-6,8,10,13,22H,4,7,9,11-12,14-15H2,1H3,(H,27,30)(H,28,31). The fraction of sp³-hybridized carbons (Fsp3) is 0.346. The summed E-state index contributed by atoms with van der Waals surface area (Å²) >= 11 is 0. The Labute approximate surface area is 202 Å². The molecule has 2 N–H and O–H groups in total. The Morgan fingerprint density at radius 1 is 1.11 bits per heavy atom. The number of oxazole rings is 1. The van der Waals surface area contributed by atoms with Crippen molar-refractivity contribution < 1.29 is 28.2 Å². The molecule has 3 heterocycles. The van der Waals surface area contributed by atoms with Gasteiger partial charge in [-0.3, -0.25) is 9.59 Å². The fourth-order valence-electron chi connectivity index (χ4n) is 4.11. The number of ether oxygens (including phenoxy) is 3. The summed E-state index contributed by atoms with van der Waals surface area (Å²) in [6.45, 7) is 2.88. The smallest absolute Gasteiger partial charge is 0.253 e. The Bertz CT molecular complexity index is 1230. The van der Waals surface area contributed by atoms with Gasteiger partial charge in [0.1, 0.15) is 17.6 Å². The van der Waals surface area contributed by atoms with E-state index in [0.29, 0.717) is 60.2 Å². The van der Waals surface area contributed by atoms with Gasteiger partial charge in [-0.2, -0.15) is 0 Å². The van der Waals surface area contributed by atoms with Gasteiger partial charge in [0.05, 0.1) is 17.8 Å². The molecule has 2 aromatic carbocycles. The van der Waals surface area contributed by atoms with Crippen molar-refractivity contribution in [3.63, 3.8) is 0 Å². The summed E-state index contributed by atoms with van der Waals surface area (Å²) in [6, 6.07) is 13.0. The van der Waals surface area contributed by atoms with Crippen molar-refractivity contribution in [2.24, 2.45) is 0 Å². The van der Waals surface area contributed by atoms with E-state index in [2.05, 4.69) is 15.6 Å². The zero-order chi connectivity index (χ0) is 24.2. The number of hydrogen-bond donors (Lipinski definition) is 2. The summed E-state index contributed by atoms with van der Waals surface area (Å²) in [5.74, 6) is 2.17. The number of rotatable bonds is 8. The SMILES string of the molecule is Cc1oc(-c2ccccc2NC(=O)C2CCCO2)nc1CNC(=O)CCc1ccc2c(c1)OCO2. The van der Waals surface area contributed by atoms with Crippen molar-refractivity contribution in [3.05, 3.63) is 59.5 Å². The number of aromatic nitrogens is 1. The summed E-state index contributed by atoms with van der Waals surface area (Å²) in [5.41, 5.74) is 2.92. The van der Waals surface area contributed by atoms with E-state index in [9.17, 15) is 9.59 Å². The van der Waals surface area contributed by atoms with Crippen molar-refractivity contribution in [2.75, 3.05) is 18.7 Å². The number of fused-ring (bicyclic) bond motifs is 1. The lowest BCUT2D eigenvalue weighted by Gasteiger charge is -2.12. The predicted octanol–water partition coefficient (Wildman–Crippen LogP) is 3.75. The molecule has 2 aliphatic rings. The van der Waals surface area contributed by atoms with Crippen LogP contribution in [0.4, 0.5) is 5.69 Å². The summed E-state index contributed by atoms with van der Waals surface area (Å²) < 4.78 is 22.1. The topological polar surface area (TPSA) is 112 Å². The van der Waals surface area contributed by atoms with Gasteiger partial charge >= 0.3 is 0 Å². The van der Waals surface area contributed by atoms with Gasteiger partial charge in [0.15, 0.2) is 11.5 Å². The second kappa shape index (κ2) is 10.2. The van der Waals surface area contributed by atoms with E-state index in [4.69, 9.17) is 18.6 Å². The summed E-state index contributed by atoms with van der Waals surface area (Å²) in [6.07, 6.45) is 2.08. The molecule has 9 heteroatoms. The van der Waals surface area contributed by atoms with Gasteiger partial charge in [-0.05, 0) is 56.0 Å². The molecule has 9 nitrogen and oxygen atoms in total. The monoisotopic (exact) mass is 477 g/mol. The Hall–Kier alpha value is -3.85. The van der Waals surface area contributed by atoms with Gasteiger partial charge < -0.3 is 29.3 Å². The van der Waals surface area contributed by atoms with Crippen LogP contribution in [0.2, 0.25) is 0 Å². The normalized spacial score (nSPS) is 16.3. The van der Waals surface area contributed by atoms with Gasteiger partial charge in [-0.1, -0.05) is 18.2 Å². The highest BCUT2D eigenvalue weighted by Crippen LogP contribution is 2.33. The molecule has 35 heavy (non-hydrogen) atoms. The molecule has 1 unspecified atom stereocenters. The second-order valence-corrected chi connectivity index (χ2v) is 8.52. The van der Waals surface area contributed by atoms with E-state index in [0.717, 1.165) is 17.7 Å². The Balaban J connectivity index is 1.19. The first-order valence-corrected chi connectivity index (χ1v) is 11.7. The zero-order valence-electron chi connectivity index (χ0n) is 19.5. The average Bonchev–Trinajstić information content (AvgIpc) is 3.62. The first kappa shape index (κ1) is 22.9. The lowest BCUT2D eigenvalue weighted by Crippen LogP contribution is -2.27. The number of carbonyl (C=O) groups excluding carboxylic acids is 2. The molecular weight excluding hydrogens is 450 g/mol. The molecule has 2 aliphatic heterocycles. The van der Waals surface area contributed by atoms with Crippen LogP contribution in [0.25, 0.3) is 11.5 Å². The number of nitrogens with one attached hydrogen (secondary N) is 2. The van der Waals surface area contributed by atoms with Crippen LogP contribution < -0.4 is 20.1 Å². The largest absolute Gasteiger partial charge is 0.454 e. The molecule has 0 bridgehead atoms. The molecular formula is C26H27N3O6. The van der Waals surface area contributed by atoms with Crippen LogP contribution in [0.5, 0.6) is 11.5 Å². The third-order valence-electron chi connectivity index (χ3n) is 6.06. The summed E-state index contributed by atoms with van der Waals surface area (Å²) in [7, 11) is 0. The van der Waals surface area contributed by atoms with Crippen LogP contribution in [-0.2, 0) is 27.3 Å². The number of hydrogen-bond acceptors (Lipinski definition) is 7. The molecule has 1 atom stereocenters. The number of carbonyl (C=O) groups is 2. The van der Waals surface area contributed by atoms with Gasteiger partial charge in [0, 0.05) is 13.0 Å². The number of para-hydroxylation sites is 1. The molecule has 0 radical (unpaired) electrons. The highest BCUT2D eigenvalue weighted by atomic mass is 16.7. The van der Waals surface area contributed by atoms with E-state index in [1.807, 2.05) is 36.4 Å². The molecule has 3 aromatic rings. The summed E-state index contributed by atoms with van der Waals surface area (Å²) in [4.78, 5) is 29.5. The van der Waals surface area contributed by atoms with Crippen LogP contribution in [0.3, 0.4) is 0 Å². The van der Waals surface area contributed by atoms with Crippen LogP contribution in [0.15, 0.2) is 46.9 Å². The predicted molar refractivity (Wildman–Crippen MR) is 127 cm³/mol. The quantitative estimate of drug-likeness (QED) is 0.508. The number of benzene rings is 2. The van der Waals surface area contributed by atoms with Crippen molar-refractivity contribution in [2.45, 2.75) is 45.3 Å². The average molecular weight is 478 g/mol. The number of aryl methyl sites for hydroxylation is 2. The third-order valence-corrected chi connectivity index (χ3v) is 6.06. The van der Waals surface area contributed by atoms with Gasteiger partial charge in [-0.15, -0.1) is 0 Å². The van der Waals surface area contributed by atoms with Crippen molar-refractivity contribution in [1.29, 1.82) is 0 Å². The fourth-order valence-corrected chi connectivity index (χ4v) is 4.11. The minimum atomic E-state index is -0.433. The molecule has 0 saturated carbocycles. The van der Waals surface area contributed by atoms with Crippen LogP contribution in [0, 0.1) is 6.92 Å². The van der Waals surface area contributed by atoms with E-state index >= 15 is 0 Å². The van der Waals surface area contributed by atoms with Crippen LogP contribution in [-0.4, -0.2) is 36.3 Å². The Morgan fingerprint density at radius 3 is 2.83 bits per heavy atom. The first-order chi connectivity index (χ1) is 17.1. The molecule has 5 rings (SSSR count).